The van der Waals surface area contributed by atoms with Gasteiger partial charge in [-0.3, -0.25) is 5.10 Å². The van der Waals surface area contributed by atoms with Gasteiger partial charge in [-0.1, -0.05) is 6.92 Å². The van der Waals surface area contributed by atoms with Crippen molar-refractivity contribution >= 4 is 10.0 Å². The smallest absolute Gasteiger partial charge is 0.260 e. The van der Waals surface area contributed by atoms with Crippen LogP contribution in [0.3, 0.4) is 0 Å². The molecule has 1 fully saturated rings. The molecule has 0 spiro atoms. The molecule has 1 aliphatic rings. The third-order valence-corrected chi connectivity index (χ3v) is 5.47. The fraction of sp³-hybridized carbons (Fsp3) is 0.769. The Hall–Kier alpha value is -0.960. The molecule has 8 heteroatoms. The Morgan fingerprint density at radius 2 is 2.24 bits per heavy atom. The van der Waals surface area contributed by atoms with Crippen LogP contribution in [0.4, 0.5) is 0 Å². The Balaban J connectivity index is 2.07. The number of H-pyrrole nitrogens is 1. The first-order valence-electron chi connectivity index (χ1n) is 7.43. The third-order valence-electron chi connectivity index (χ3n) is 3.48. The Labute approximate surface area is 126 Å². The van der Waals surface area contributed by atoms with Gasteiger partial charge < -0.3 is 10.1 Å². The molecule has 1 aromatic heterocycles. The molecule has 0 bridgehead atoms. The molecule has 7 nitrogen and oxygen atoms in total. The number of nitrogens with one attached hydrogen (secondary N) is 2. The molecule has 0 radical (unpaired) electrons. The van der Waals surface area contributed by atoms with Crippen molar-refractivity contribution in [1.29, 1.82) is 0 Å². The van der Waals surface area contributed by atoms with Gasteiger partial charge in [0, 0.05) is 37.8 Å². The minimum absolute atomic E-state index is 0.189. The molecule has 1 saturated carbocycles. The van der Waals surface area contributed by atoms with E-state index in [1.165, 1.54) is 4.31 Å². The van der Waals surface area contributed by atoms with Gasteiger partial charge in [0.15, 0.2) is 5.03 Å². The summed E-state index contributed by atoms with van der Waals surface area (Å²) in [6, 6.07) is 0.524. The molecule has 120 valence electrons. The number of sulfonamides is 1. The van der Waals surface area contributed by atoms with Crippen molar-refractivity contribution in [3.63, 3.8) is 0 Å². The van der Waals surface area contributed by atoms with E-state index in [0.29, 0.717) is 44.5 Å². The zero-order valence-electron chi connectivity index (χ0n) is 12.6. The lowest BCUT2D eigenvalue weighted by molar-refractivity contribution is 0.135. The maximum absolute atomic E-state index is 12.7. The Morgan fingerprint density at radius 1 is 1.48 bits per heavy atom. The van der Waals surface area contributed by atoms with Crippen molar-refractivity contribution in [2.45, 2.75) is 44.3 Å². The van der Waals surface area contributed by atoms with Gasteiger partial charge in [-0.15, -0.1) is 0 Å². The molecule has 0 amide bonds. The van der Waals surface area contributed by atoms with E-state index < -0.39 is 10.0 Å². The van der Waals surface area contributed by atoms with Crippen molar-refractivity contribution in [3.05, 3.63) is 11.8 Å². The van der Waals surface area contributed by atoms with Crippen molar-refractivity contribution in [2.75, 3.05) is 26.3 Å². The Kier molecular flexibility index (Phi) is 5.74. The maximum atomic E-state index is 12.7. The second-order valence-corrected chi connectivity index (χ2v) is 6.95. The highest BCUT2D eigenvalue weighted by atomic mass is 32.2. The summed E-state index contributed by atoms with van der Waals surface area (Å²) in [5.74, 6) is 0. The summed E-state index contributed by atoms with van der Waals surface area (Å²) in [5, 5.41) is 10.0. The monoisotopic (exact) mass is 316 g/mol. The average Bonchev–Trinajstić information content (AvgIpc) is 3.17. The predicted octanol–water partition coefficient (Wildman–Crippen LogP) is 0.709. The predicted molar refractivity (Wildman–Crippen MR) is 79.4 cm³/mol. The van der Waals surface area contributed by atoms with E-state index in [0.717, 1.165) is 12.8 Å². The summed E-state index contributed by atoms with van der Waals surface area (Å²) < 4.78 is 32.0. The van der Waals surface area contributed by atoms with Crippen molar-refractivity contribution in [2.24, 2.45) is 0 Å². The molecule has 2 rings (SSSR count). The number of hydrogen-bond donors (Lipinski definition) is 2. The number of likely N-dealkylation sites (N-methyl/N-ethyl adjacent to an activating group) is 1. The van der Waals surface area contributed by atoms with Gasteiger partial charge in [0.25, 0.3) is 10.0 Å². The van der Waals surface area contributed by atoms with Crippen molar-refractivity contribution < 1.29 is 13.2 Å². The second kappa shape index (κ2) is 7.35. The Bertz CT molecular complexity index is 539. The van der Waals surface area contributed by atoms with Gasteiger partial charge in [-0.05, 0) is 19.8 Å². The molecule has 0 atom stereocenters. The van der Waals surface area contributed by atoms with Crippen LogP contribution in [0.1, 0.15) is 32.3 Å². The second-order valence-electron chi connectivity index (χ2n) is 5.07. The van der Waals surface area contributed by atoms with E-state index in [4.69, 9.17) is 4.74 Å². The van der Waals surface area contributed by atoms with Crippen LogP contribution in [-0.2, 0) is 21.3 Å². The molecular weight excluding hydrogens is 292 g/mol. The van der Waals surface area contributed by atoms with Crippen LogP contribution >= 0.6 is 0 Å². The summed E-state index contributed by atoms with van der Waals surface area (Å²) in [6.07, 6.45) is 3.91. The van der Waals surface area contributed by atoms with Crippen LogP contribution in [0.2, 0.25) is 0 Å². The first-order valence-corrected chi connectivity index (χ1v) is 8.87. The number of rotatable bonds is 10. The van der Waals surface area contributed by atoms with E-state index in [1.807, 2.05) is 13.8 Å². The Morgan fingerprint density at radius 3 is 2.86 bits per heavy atom. The SMILES string of the molecule is CCOCCN(CC)S(=O)(=O)c1[nH]ncc1CNC1CC1. The summed E-state index contributed by atoms with van der Waals surface area (Å²) in [4.78, 5) is 0. The highest BCUT2D eigenvalue weighted by Gasteiger charge is 2.28. The number of aromatic amines is 1. The standard InChI is InChI=1S/C13H24N4O3S/c1-3-17(7-8-20-4-2)21(18,19)13-11(10-15-16-13)9-14-12-5-6-12/h10,12,14H,3-9H2,1-2H3,(H,15,16). The van der Waals surface area contributed by atoms with E-state index in [-0.39, 0.29) is 5.03 Å². The molecule has 2 N–H and O–H groups in total. The van der Waals surface area contributed by atoms with Gasteiger partial charge in [-0.2, -0.15) is 9.40 Å². The molecule has 21 heavy (non-hydrogen) atoms. The number of ether oxygens (including phenoxy) is 1. The minimum Gasteiger partial charge on any atom is -0.380 e. The third kappa shape index (κ3) is 4.26. The lowest BCUT2D eigenvalue weighted by Gasteiger charge is -2.20. The molecule has 1 aromatic rings. The minimum atomic E-state index is -3.55. The van der Waals surface area contributed by atoms with E-state index in [1.54, 1.807) is 6.20 Å². The number of aromatic nitrogens is 2. The molecular formula is C13H24N4O3S. The topological polar surface area (TPSA) is 87.3 Å². The quantitative estimate of drug-likeness (QED) is 0.621. The lowest BCUT2D eigenvalue weighted by atomic mass is 10.3. The highest BCUT2D eigenvalue weighted by molar-refractivity contribution is 7.89. The zero-order chi connectivity index (χ0) is 15.3. The van der Waals surface area contributed by atoms with E-state index in [2.05, 4.69) is 15.5 Å². The fourth-order valence-corrected chi connectivity index (χ4v) is 3.62. The van der Waals surface area contributed by atoms with Gasteiger partial charge in [0.2, 0.25) is 0 Å². The summed E-state index contributed by atoms with van der Waals surface area (Å²) in [6.45, 7) is 5.97. The fourth-order valence-electron chi connectivity index (χ4n) is 2.08. The van der Waals surface area contributed by atoms with Crippen LogP contribution in [0.5, 0.6) is 0 Å². The van der Waals surface area contributed by atoms with Gasteiger partial charge in [-0.25, -0.2) is 8.42 Å². The number of hydrogen-bond acceptors (Lipinski definition) is 5. The molecule has 1 heterocycles. The van der Waals surface area contributed by atoms with Crippen LogP contribution < -0.4 is 5.32 Å². The molecule has 0 aliphatic heterocycles. The van der Waals surface area contributed by atoms with Gasteiger partial charge >= 0.3 is 0 Å². The summed E-state index contributed by atoms with van der Waals surface area (Å²) in [5.41, 5.74) is 0.691. The van der Waals surface area contributed by atoms with Crippen molar-refractivity contribution in [3.8, 4) is 0 Å². The van der Waals surface area contributed by atoms with Gasteiger partial charge in [0.05, 0.1) is 12.8 Å². The largest absolute Gasteiger partial charge is 0.380 e. The highest BCUT2D eigenvalue weighted by Crippen LogP contribution is 2.21. The van der Waals surface area contributed by atoms with Crippen LogP contribution in [0.25, 0.3) is 0 Å². The molecule has 0 saturated heterocycles. The summed E-state index contributed by atoms with van der Waals surface area (Å²) in [7, 11) is -3.55. The molecule has 1 aliphatic carbocycles. The number of nitrogens with zero attached hydrogens (tertiary/aromatic N) is 2. The van der Waals surface area contributed by atoms with Crippen LogP contribution in [-0.4, -0.2) is 55.3 Å². The molecule has 0 aromatic carbocycles. The zero-order valence-corrected chi connectivity index (χ0v) is 13.4. The molecule has 0 unspecified atom stereocenters. The van der Waals surface area contributed by atoms with Crippen molar-refractivity contribution in [1.82, 2.24) is 19.8 Å². The van der Waals surface area contributed by atoms with Crippen LogP contribution in [0, 0.1) is 0 Å². The van der Waals surface area contributed by atoms with Gasteiger partial charge in [0.1, 0.15) is 0 Å². The maximum Gasteiger partial charge on any atom is 0.260 e. The average molecular weight is 316 g/mol. The first-order chi connectivity index (χ1) is 10.1. The van der Waals surface area contributed by atoms with Crippen LogP contribution in [0.15, 0.2) is 11.2 Å². The normalized spacial score (nSPS) is 15.8. The summed E-state index contributed by atoms with van der Waals surface area (Å²) >= 11 is 0. The lowest BCUT2D eigenvalue weighted by Crippen LogP contribution is -2.35. The van der Waals surface area contributed by atoms with E-state index >= 15 is 0 Å². The van der Waals surface area contributed by atoms with E-state index in [9.17, 15) is 8.42 Å². The first kappa shape index (κ1) is 16.4.